The molecule has 0 spiro atoms. The maximum atomic E-state index is 13.2. The highest BCUT2D eigenvalue weighted by atomic mass is 32.2. The third kappa shape index (κ3) is 4.48. The zero-order chi connectivity index (χ0) is 23.7. The van der Waals surface area contributed by atoms with Gasteiger partial charge in [-0.2, -0.15) is 4.98 Å². The first-order chi connectivity index (χ1) is 16.5. The van der Waals surface area contributed by atoms with Crippen LogP contribution in [0.1, 0.15) is 42.8 Å². The number of thioether (sulfide) groups is 1. The molecule has 8 heteroatoms. The summed E-state index contributed by atoms with van der Waals surface area (Å²) in [5, 5.41) is 7.42. The van der Waals surface area contributed by atoms with E-state index in [-0.39, 0.29) is 18.2 Å². The Kier molecular flexibility index (Phi) is 6.43. The van der Waals surface area contributed by atoms with Gasteiger partial charge in [0.2, 0.25) is 5.82 Å². The van der Waals surface area contributed by atoms with Crippen molar-refractivity contribution in [1.82, 2.24) is 20.4 Å². The second kappa shape index (κ2) is 9.64. The number of carbonyl (C=O) groups excluding carboxylic acids is 1. The molecule has 1 N–H and O–H groups in total. The minimum Gasteiger partial charge on any atom is -0.376 e. The fraction of sp³-hybridized carbons (Fsp3) is 0.346. The smallest absolute Gasteiger partial charge is 0.322 e. The fourth-order valence-electron chi connectivity index (χ4n) is 4.47. The Hall–Kier alpha value is -3.10. The molecular formula is C26H28N4O3S. The van der Waals surface area contributed by atoms with Crippen molar-refractivity contribution < 1.29 is 14.1 Å². The summed E-state index contributed by atoms with van der Waals surface area (Å²) in [5.41, 5.74) is 4.61. The van der Waals surface area contributed by atoms with Gasteiger partial charge in [-0.1, -0.05) is 35.0 Å². The topological polar surface area (TPSA) is 80.5 Å². The van der Waals surface area contributed by atoms with Gasteiger partial charge < -0.3 is 14.6 Å². The van der Waals surface area contributed by atoms with Gasteiger partial charge in [0.05, 0.1) is 24.3 Å². The molecule has 176 valence electrons. The Bertz CT molecular complexity index is 1200. The lowest BCUT2D eigenvalue weighted by Gasteiger charge is -2.36. The molecule has 1 saturated heterocycles. The second-order valence-corrected chi connectivity index (χ2v) is 9.57. The standard InChI is InChI=1S/C26H28N4O3S/c1-16-6-8-18(9-7-16)23-22(17(2)30(26(31)27-23)15-20-5-4-14-32-20)25-28-24(29-33-25)19-10-12-21(34-3)13-11-19/h6-13,20,23H,4-5,14-15H2,1-3H3,(H,27,31). The van der Waals surface area contributed by atoms with Gasteiger partial charge >= 0.3 is 6.03 Å². The summed E-state index contributed by atoms with van der Waals surface area (Å²) in [6.45, 7) is 5.23. The maximum absolute atomic E-state index is 13.2. The molecule has 5 rings (SSSR count). The molecule has 2 amide bonds. The summed E-state index contributed by atoms with van der Waals surface area (Å²) < 4.78 is 11.6. The van der Waals surface area contributed by atoms with Crippen LogP contribution < -0.4 is 5.32 Å². The van der Waals surface area contributed by atoms with E-state index in [9.17, 15) is 4.79 Å². The molecule has 2 unspecified atom stereocenters. The molecule has 34 heavy (non-hydrogen) atoms. The number of rotatable bonds is 6. The quantitative estimate of drug-likeness (QED) is 0.477. The number of aromatic nitrogens is 2. The van der Waals surface area contributed by atoms with Crippen LogP contribution in [0, 0.1) is 6.92 Å². The number of amides is 2. The monoisotopic (exact) mass is 476 g/mol. The fourth-order valence-corrected chi connectivity index (χ4v) is 4.88. The van der Waals surface area contributed by atoms with Crippen LogP contribution in [0.4, 0.5) is 4.79 Å². The van der Waals surface area contributed by atoms with Gasteiger partial charge in [0.25, 0.3) is 5.89 Å². The molecule has 2 aromatic carbocycles. The van der Waals surface area contributed by atoms with Crippen molar-refractivity contribution in [2.24, 2.45) is 0 Å². The van der Waals surface area contributed by atoms with E-state index >= 15 is 0 Å². The molecule has 0 saturated carbocycles. The van der Waals surface area contributed by atoms with E-state index < -0.39 is 0 Å². The van der Waals surface area contributed by atoms with Gasteiger partial charge in [0.1, 0.15) is 0 Å². The van der Waals surface area contributed by atoms with Gasteiger partial charge in [-0.25, -0.2) is 4.79 Å². The zero-order valence-corrected chi connectivity index (χ0v) is 20.4. The average Bonchev–Trinajstić information content (AvgIpc) is 3.54. The van der Waals surface area contributed by atoms with Crippen molar-refractivity contribution in [3.8, 4) is 11.4 Å². The van der Waals surface area contributed by atoms with Crippen LogP contribution in [0.15, 0.2) is 63.6 Å². The Morgan fingerprint density at radius 3 is 2.56 bits per heavy atom. The number of benzene rings is 2. The Morgan fingerprint density at radius 1 is 1.12 bits per heavy atom. The van der Waals surface area contributed by atoms with Crippen molar-refractivity contribution in [1.29, 1.82) is 0 Å². The van der Waals surface area contributed by atoms with E-state index in [1.165, 1.54) is 4.90 Å². The summed E-state index contributed by atoms with van der Waals surface area (Å²) in [4.78, 5) is 20.8. The minimum absolute atomic E-state index is 0.0334. The van der Waals surface area contributed by atoms with Crippen LogP contribution in [-0.4, -0.2) is 46.6 Å². The van der Waals surface area contributed by atoms with Crippen LogP contribution in [-0.2, 0) is 4.74 Å². The van der Waals surface area contributed by atoms with E-state index in [0.29, 0.717) is 18.3 Å². The van der Waals surface area contributed by atoms with E-state index in [1.807, 2.05) is 68.6 Å². The summed E-state index contributed by atoms with van der Waals surface area (Å²) >= 11 is 1.69. The van der Waals surface area contributed by atoms with E-state index in [0.717, 1.165) is 47.4 Å². The Labute approximate surface area is 203 Å². The molecule has 1 aromatic heterocycles. The third-order valence-electron chi connectivity index (χ3n) is 6.42. The van der Waals surface area contributed by atoms with Crippen LogP contribution in [0.5, 0.6) is 0 Å². The number of aryl methyl sites for hydroxylation is 1. The van der Waals surface area contributed by atoms with Gasteiger partial charge in [-0.15, -0.1) is 11.8 Å². The number of urea groups is 1. The third-order valence-corrected chi connectivity index (χ3v) is 7.17. The first-order valence-corrected chi connectivity index (χ1v) is 12.7. The highest BCUT2D eigenvalue weighted by Gasteiger charge is 2.37. The second-order valence-electron chi connectivity index (χ2n) is 8.69. The van der Waals surface area contributed by atoms with Crippen LogP contribution >= 0.6 is 11.8 Å². The van der Waals surface area contributed by atoms with E-state index in [1.54, 1.807) is 16.7 Å². The van der Waals surface area contributed by atoms with Gasteiger partial charge in [0.15, 0.2) is 0 Å². The molecule has 1 fully saturated rings. The first kappa shape index (κ1) is 22.7. The van der Waals surface area contributed by atoms with Gasteiger partial charge in [0, 0.05) is 22.8 Å². The lowest BCUT2D eigenvalue weighted by Crippen LogP contribution is -2.48. The molecule has 3 aromatic rings. The molecule has 2 atom stereocenters. The number of hydrogen-bond donors (Lipinski definition) is 1. The molecule has 7 nitrogen and oxygen atoms in total. The predicted molar refractivity (Wildman–Crippen MR) is 132 cm³/mol. The summed E-state index contributed by atoms with van der Waals surface area (Å²) in [6, 6.07) is 15.7. The van der Waals surface area contributed by atoms with Crippen LogP contribution in [0.25, 0.3) is 17.0 Å². The molecule has 3 heterocycles. The average molecular weight is 477 g/mol. The number of carbonyl (C=O) groups is 1. The number of ether oxygens (including phenoxy) is 1. The molecule has 0 aliphatic carbocycles. The molecule has 0 radical (unpaired) electrons. The number of nitrogens with zero attached hydrogens (tertiary/aromatic N) is 3. The van der Waals surface area contributed by atoms with Gasteiger partial charge in [-0.3, -0.25) is 4.90 Å². The van der Waals surface area contributed by atoms with Crippen LogP contribution in [0.2, 0.25) is 0 Å². The summed E-state index contributed by atoms with van der Waals surface area (Å²) in [7, 11) is 0. The number of nitrogens with one attached hydrogen (secondary N) is 1. The van der Waals surface area contributed by atoms with Gasteiger partial charge in [-0.05, 0) is 62.8 Å². The minimum atomic E-state index is -0.388. The normalized spacial score (nSPS) is 20.7. The summed E-state index contributed by atoms with van der Waals surface area (Å²) in [6.07, 6.45) is 4.04. The van der Waals surface area contributed by atoms with Crippen LogP contribution in [0.3, 0.4) is 0 Å². The van der Waals surface area contributed by atoms with Crippen molar-refractivity contribution in [3.63, 3.8) is 0 Å². The Morgan fingerprint density at radius 2 is 1.88 bits per heavy atom. The molecule has 0 bridgehead atoms. The Balaban J connectivity index is 1.55. The largest absolute Gasteiger partial charge is 0.376 e. The number of allylic oxidation sites excluding steroid dienone is 1. The van der Waals surface area contributed by atoms with Crippen molar-refractivity contribution in [2.75, 3.05) is 19.4 Å². The van der Waals surface area contributed by atoms with E-state index in [2.05, 4.69) is 10.5 Å². The summed E-state index contributed by atoms with van der Waals surface area (Å²) in [5.74, 6) is 0.928. The predicted octanol–water partition coefficient (Wildman–Crippen LogP) is 5.44. The van der Waals surface area contributed by atoms with Crippen molar-refractivity contribution >= 4 is 23.4 Å². The molecular weight excluding hydrogens is 448 g/mol. The highest BCUT2D eigenvalue weighted by Crippen LogP contribution is 2.38. The lowest BCUT2D eigenvalue weighted by atomic mass is 9.94. The first-order valence-electron chi connectivity index (χ1n) is 11.5. The maximum Gasteiger partial charge on any atom is 0.322 e. The molecule has 2 aliphatic heterocycles. The number of hydrogen-bond acceptors (Lipinski definition) is 6. The molecule has 2 aliphatic rings. The zero-order valence-electron chi connectivity index (χ0n) is 19.6. The SMILES string of the molecule is CSc1ccc(-c2noc(C3=C(C)N(CC4CCCO4)C(=O)NC3c3ccc(C)cc3)n2)cc1. The lowest BCUT2D eigenvalue weighted by molar-refractivity contribution is 0.0877. The van der Waals surface area contributed by atoms with Crippen molar-refractivity contribution in [2.45, 2.75) is 43.7 Å². The highest BCUT2D eigenvalue weighted by molar-refractivity contribution is 7.98. The van der Waals surface area contributed by atoms with Crippen molar-refractivity contribution in [3.05, 3.63) is 71.2 Å². The van der Waals surface area contributed by atoms with E-state index in [4.69, 9.17) is 14.2 Å².